The molecule has 92 valence electrons. The summed E-state index contributed by atoms with van der Waals surface area (Å²) in [5.74, 6) is -1.07. The van der Waals surface area contributed by atoms with Crippen LogP contribution in [0.2, 0.25) is 0 Å². The largest absolute Gasteiger partial charge is 0.481 e. The minimum Gasteiger partial charge on any atom is -0.481 e. The summed E-state index contributed by atoms with van der Waals surface area (Å²) in [4.78, 5) is 11.4. The lowest BCUT2D eigenvalue weighted by Gasteiger charge is -2.34. The Labute approximate surface area is 99.2 Å². The van der Waals surface area contributed by atoms with Crippen LogP contribution in [0.1, 0.15) is 18.9 Å². The monoisotopic (exact) mass is 238 g/mol. The molecule has 0 saturated carbocycles. The molecule has 1 N–H and O–H groups in total. The molecule has 1 heterocycles. The molecule has 1 atom stereocenters. The molecular formula is C13H15FO3. The molecule has 17 heavy (non-hydrogen) atoms. The molecule has 1 aliphatic rings. The Morgan fingerprint density at radius 1 is 1.59 bits per heavy atom. The van der Waals surface area contributed by atoms with Crippen molar-refractivity contribution in [2.75, 3.05) is 13.2 Å². The standard InChI is InChI=1S/C13H15FO3/c1-13(12(15)16,6-9-7-17-8-9)10-3-2-4-11(14)5-10/h2-5,9H,6-8H2,1H3,(H,15,16). The van der Waals surface area contributed by atoms with Crippen LogP contribution in [0.4, 0.5) is 4.39 Å². The first-order valence-electron chi connectivity index (χ1n) is 5.59. The van der Waals surface area contributed by atoms with E-state index in [0.717, 1.165) is 0 Å². The van der Waals surface area contributed by atoms with Crippen LogP contribution in [0.5, 0.6) is 0 Å². The minimum atomic E-state index is -1.05. The van der Waals surface area contributed by atoms with Crippen molar-refractivity contribution in [1.29, 1.82) is 0 Å². The van der Waals surface area contributed by atoms with Crippen molar-refractivity contribution in [2.24, 2.45) is 5.92 Å². The van der Waals surface area contributed by atoms with Crippen LogP contribution in [-0.4, -0.2) is 24.3 Å². The number of ether oxygens (including phenoxy) is 1. The van der Waals surface area contributed by atoms with Crippen molar-refractivity contribution < 1.29 is 19.0 Å². The second-order valence-electron chi connectivity index (χ2n) is 4.76. The zero-order valence-electron chi connectivity index (χ0n) is 9.65. The molecule has 0 amide bonds. The van der Waals surface area contributed by atoms with Gasteiger partial charge in [0, 0.05) is 5.92 Å². The van der Waals surface area contributed by atoms with Crippen molar-refractivity contribution in [2.45, 2.75) is 18.8 Å². The number of halogens is 1. The number of rotatable bonds is 4. The van der Waals surface area contributed by atoms with E-state index in [1.807, 2.05) is 0 Å². The predicted molar refractivity (Wildman–Crippen MR) is 60.3 cm³/mol. The highest BCUT2D eigenvalue weighted by Gasteiger charge is 2.39. The van der Waals surface area contributed by atoms with Crippen molar-refractivity contribution >= 4 is 5.97 Å². The Morgan fingerprint density at radius 2 is 2.29 bits per heavy atom. The summed E-state index contributed by atoms with van der Waals surface area (Å²) in [5.41, 5.74) is -0.534. The third-order valence-electron chi connectivity index (χ3n) is 3.34. The third kappa shape index (κ3) is 2.31. The molecule has 1 saturated heterocycles. The first kappa shape index (κ1) is 12.0. The number of aliphatic carboxylic acids is 1. The normalized spacial score (nSPS) is 19.4. The molecule has 0 aliphatic carbocycles. The van der Waals surface area contributed by atoms with Crippen molar-refractivity contribution in [3.8, 4) is 0 Å². The quantitative estimate of drug-likeness (QED) is 0.874. The molecule has 0 aromatic heterocycles. The fourth-order valence-corrected chi connectivity index (χ4v) is 2.14. The number of hydrogen-bond donors (Lipinski definition) is 1. The first-order chi connectivity index (χ1) is 8.02. The van der Waals surface area contributed by atoms with E-state index in [1.165, 1.54) is 12.1 Å². The van der Waals surface area contributed by atoms with Gasteiger partial charge in [-0.3, -0.25) is 4.79 Å². The second kappa shape index (κ2) is 4.45. The maximum Gasteiger partial charge on any atom is 0.313 e. The highest BCUT2D eigenvalue weighted by Crippen LogP contribution is 2.34. The lowest BCUT2D eigenvalue weighted by atomic mass is 9.75. The van der Waals surface area contributed by atoms with Crippen LogP contribution in [0.3, 0.4) is 0 Å². The van der Waals surface area contributed by atoms with Crippen molar-refractivity contribution in [3.63, 3.8) is 0 Å². The minimum absolute atomic E-state index is 0.249. The van der Waals surface area contributed by atoms with Gasteiger partial charge >= 0.3 is 5.97 Å². The molecular weight excluding hydrogens is 223 g/mol. The first-order valence-corrected chi connectivity index (χ1v) is 5.59. The maximum absolute atomic E-state index is 13.2. The average Bonchev–Trinajstić information content (AvgIpc) is 2.23. The molecule has 1 unspecified atom stereocenters. The van der Waals surface area contributed by atoms with Gasteiger partial charge in [0.25, 0.3) is 0 Å². The van der Waals surface area contributed by atoms with Crippen LogP contribution in [0, 0.1) is 11.7 Å². The molecule has 1 aliphatic heterocycles. The highest BCUT2D eigenvalue weighted by molar-refractivity contribution is 5.80. The zero-order valence-corrected chi connectivity index (χ0v) is 9.65. The summed E-state index contributed by atoms with van der Waals surface area (Å²) < 4.78 is 18.2. The van der Waals surface area contributed by atoms with E-state index in [4.69, 9.17) is 4.74 Å². The van der Waals surface area contributed by atoms with E-state index >= 15 is 0 Å². The van der Waals surface area contributed by atoms with Gasteiger partial charge in [0.05, 0.1) is 18.6 Å². The van der Waals surface area contributed by atoms with Crippen molar-refractivity contribution in [3.05, 3.63) is 35.6 Å². The Balaban J connectivity index is 2.29. The van der Waals surface area contributed by atoms with Gasteiger partial charge in [-0.25, -0.2) is 4.39 Å². The van der Waals surface area contributed by atoms with Crippen LogP contribution in [0.15, 0.2) is 24.3 Å². The number of hydrogen-bond acceptors (Lipinski definition) is 2. The highest BCUT2D eigenvalue weighted by atomic mass is 19.1. The smallest absolute Gasteiger partial charge is 0.313 e. The molecule has 0 bridgehead atoms. The molecule has 3 nitrogen and oxygen atoms in total. The zero-order chi connectivity index (χ0) is 12.5. The SMILES string of the molecule is CC(CC1COC1)(C(=O)O)c1cccc(F)c1. The Kier molecular flexibility index (Phi) is 3.15. The molecule has 1 aromatic rings. The van der Waals surface area contributed by atoms with Crippen LogP contribution in [-0.2, 0) is 14.9 Å². The predicted octanol–water partition coefficient (Wildman–Crippen LogP) is 2.20. The number of carboxylic acid groups (broad SMARTS) is 1. The summed E-state index contributed by atoms with van der Waals surface area (Å²) >= 11 is 0. The van der Waals surface area contributed by atoms with Crippen LogP contribution in [0.25, 0.3) is 0 Å². The summed E-state index contributed by atoms with van der Waals surface area (Å²) in [5, 5.41) is 9.38. The fraction of sp³-hybridized carbons (Fsp3) is 0.462. The van der Waals surface area contributed by atoms with E-state index in [0.29, 0.717) is 25.2 Å². The maximum atomic E-state index is 13.2. The topological polar surface area (TPSA) is 46.5 Å². The summed E-state index contributed by atoms with van der Waals surface area (Å²) in [6.45, 7) is 2.83. The molecule has 1 aromatic carbocycles. The molecule has 0 radical (unpaired) electrons. The van der Waals surface area contributed by atoms with Gasteiger partial charge in [-0.15, -0.1) is 0 Å². The van der Waals surface area contributed by atoms with Gasteiger partial charge in [-0.2, -0.15) is 0 Å². The molecule has 2 rings (SSSR count). The molecule has 0 spiro atoms. The van der Waals surface area contributed by atoms with E-state index in [9.17, 15) is 14.3 Å². The van der Waals surface area contributed by atoms with Gasteiger partial charge in [0.15, 0.2) is 0 Å². The van der Waals surface area contributed by atoms with Crippen LogP contribution < -0.4 is 0 Å². The Morgan fingerprint density at radius 3 is 2.76 bits per heavy atom. The summed E-state index contributed by atoms with van der Waals surface area (Å²) in [6.07, 6.45) is 0.478. The number of carbonyl (C=O) groups is 1. The molecule has 4 heteroatoms. The lowest BCUT2D eigenvalue weighted by molar-refractivity contribution is -0.145. The summed E-state index contributed by atoms with van der Waals surface area (Å²) in [7, 11) is 0. The Bertz CT molecular complexity index is 428. The summed E-state index contributed by atoms with van der Waals surface area (Å²) in [6, 6.07) is 5.83. The second-order valence-corrected chi connectivity index (χ2v) is 4.76. The average molecular weight is 238 g/mol. The van der Waals surface area contributed by atoms with E-state index < -0.39 is 17.2 Å². The molecule has 1 fully saturated rings. The number of benzene rings is 1. The Hall–Kier alpha value is -1.42. The van der Waals surface area contributed by atoms with E-state index in [-0.39, 0.29) is 5.92 Å². The van der Waals surface area contributed by atoms with Crippen LogP contribution >= 0.6 is 0 Å². The van der Waals surface area contributed by atoms with Gasteiger partial charge in [0.1, 0.15) is 5.82 Å². The fourth-order valence-electron chi connectivity index (χ4n) is 2.14. The lowest BCUT2D eigenvalue weighted by Crippen LogP contribution is -2.40. The van der Waals surface area contributed by atoms with Gasteiger partial charge in [0.2, 0.25) is 0 Å². The van der Waals surface area contributed by atoms with Gasteiger partial charge in [-0.05, 0) is 31.0 Å². The van der Waals surface area contributed by atoms with Crippen molar-refractivity contribution in [1.82, 2.24) is 0 Å². The third-order valence-corrected chi connectivity index (χ3v) is 3.34. The number of carboxylic acids is 1. The van der Waals surface area contributed by atoms with Gasteiger partial charge < -0.3 is 9.84 Å². The van der Waals surface area contributed by atoms with E-state index in [1.54, 1.807) is 19.1 Å². The van der Waals surface area contributed by atoms with Gasteiger partial charge in [-0.1, -0.05) is 12.1 Å². The van der Waals surface area contributed by atoms with E-state index in [2.05, 4.69) is 0 Å².